The first-order valence-electron chi connectivity index (χ1n) is 9.41. The molecule has 11 heteroatoms. The molecule has 1 amide bonds. The Hall–Kier alpha value is -2.85. The van der Waals surface area contributed by atoms with E-state index < -0.39 is 11.9 Å². The largest absolute Gasteiger partial charge is 0.433 e. The quantitative estimate of drug-likeness (QED) is 0.807. The third kappa shape index (κ3) is 3.60. The minimum atomic E-state index is -4.40. The van der Waals surface area contributed by atoms with E-state index in [1.54, 1.807) is 25.8 Å². The lowest BCUT2D eigenvalue weighted by Gasteiger charge is -2.37. The lowest BCUT2D eigenvalue weighted by Crippen LogP contribution is -2.45. The first kappa shape index (κ1) is 19.5. The number of aryl methyl sites for hydroxylation is 1. The Morgan fingerprint density at radius 3 is 2.72 bits per heavy atom. The maximum Gasteiger partial charge on any atom is 0.433 e. The van der Waals surface area contributed by atoms with Crippen LogP contribution in [0.4, 0.5) is 30.6 Å². The number of rotatable bonds is 4. The van der Waals surface area contributed by atoms with Crippen LogP contribution in [0.2, 0.25) is 0 Å². The standard InChI is InChI=1S/C18H22F3N7O/c1-9-14-15(27(3)10(2)16(29)25-14)26-17(23-9)24-12-6-11(7-12)8-28-13(4-5-22-28)18(19,20)21/h4-5,10-12H,6-8H2,1-3H3,(H,25,29)(H,23,24,26)/t10-,11-,12+/m0/s1. The predicted octanol–water partition coefficient (Wildman–Crippen LogP) is 2.67. The van der Waals surface area contributed by atoms with E-state index in [1.807, 2.05) is 0 Å². The van der Waals surface area contributed by atoms with Gasteiger partial charge in [0.05, 0.1) is 5.69 Å². The molecule has 0 saturated heterocycles. The summed E-state index contributed by atoms with van der Waals surface area (Å²) in [7, 11) is 1.81. The van der Waals surface area contributed by atoms with Crippen LogP contribution in [0.3, 0.4) is 0 Å². The van der Waals surface area contributed by atoms with Crippen LogP contribution in [-0.4, -0.2) is 44.8 Å². The fraction of sp³-hybridized carbons (Fsp3) is 0.556. The molecule has 8 nitrogen and oxygen atoms in total. The smallest absolute Gasteiger partial charge is 0.351 e. The minimum Gasteiger partial charge on any atom is -0.351 e. The second-order valence-corrected chi connectivity index (χ2v) is 7.68. The highest BCUT2D eigenvalue weighted by Crippen LogP contribution is 2.36. The van der Waals surface area contributed by atoms with Crippen molar-refractivity contribution >= 4 is 23.4 Å². The van der Waals surface area contributed by atoms with Crippen molar-refractivity contribution in [3.05, 3.63) is 23.7 Å². The van der Waals surface area contributed by atoms with E-state index in [4.69, 9.17) is 0 Å². The van der Waals surface area contributed by atoms with Gasteiger partial charge in [-0.05, 0) is 38.7 Å². The summed E-state index contributed by atoms with van der Waals surface area (Å²) in [6, 6.07) is 0.742. The molecule has 2 N–H and O–H groups in total. The molecule has 1 aliphatic carbocycles. The van der Waals surface area contributed by atoms with Crippen molar-refractivity contribution in [1.29, 1.82) is 0 Å². The van der Waals surface area contributed by atoms with Crippen LogP contribution in [0, 0.1) is 12.8 Å². The Morgan fingerprint density at radius 2 is 2.03 bits per heavy atom. The highest BCUT2D eigenvalue weighted by Gasteiger charge is 2.37. The Bertz CT molecular complexity index is 936. The van der Waals surface area contributed by atoms with Gasteiger partial charge in [-0.15, -0.1) is 0 Å². The fourth-order valence-corrected chi connectivity index (χ4v) is 3.76. The molecule has 29 heavy (non-hydrogen) atoms. The van der Waals surface area contributed by atoms with Gasteiger partial charge in [-0.25, -0.2) is 4.98 Å². The number of fused-ring (bicyclic) bond motifs is 1. The number of hydrogen-bond donors (Lipinski definition) is 2. The Labute approximate surface area is 165 Å². The van der Waals surface area contributed by atoms with E-state index in [2.05, 4.69) is 25.7 Å². The number of nitrogens with zero attached hydrogens (tertiary/aromatic N) is 5. The molecule has 1 atom stereocenters. The van der Waals surface area contributed by atoms with E-state index in [9.17, 15) is 18.0 Å². The number of halogens is 3. The van der Waals surface area contributed by atoms with Gasteiger partial charge in [0.25, 0.3) is 0 Å². The van der Waals surface area contributed by atoms with Crippen LogP contribution >= 0.6 is 0 Å². The average molecular weight is 409 g/mol. The summed E-state index contributed by atoms with van der Waals surface area (Å²) in [4.78, 5) is 22.7. The van der Waals surface area contributed by atoms with Gasteiger partial charge in [-0.3, -0.25) is 9.48 Å². The SMILES string of the molecule is Cc1nc(N[C@H]2C[C@@H](Cn3nccc3C(F)(F)F)C2)nc2c1NC(=O)[C@H](C)N2C. The summed E-state index contributed by atoms with van der Waals surface area (Å²) in [5.74, 6) is 1.10. The third-order valence-corrected chi connectivity index (χ3v) is 5.62. The number of amides is 1. The molecule has 2 aliphatic rings. The number of alkyl halides is 3. The molecule has 0 unspecified atom stereocenters. The fourth-order valence-electron chi connectivity index (χ4n) is 3.76. The number of hydrogen-bond acceptors (Lipinski definition) is 6. The first-order chi connectivity index (χ1) is 13.6. The summed E-state index contributed by atoms with van der Waals surface area (Å²) in [5.41, 5.74) is 0.541. The molecule has 0 bridgehead atoms. The van der Waals surface area contributed by atoms with Gasteiger partial charge in [-0.1, -0.05) is 0 Å². The Morgan fingerprint density at radius 1 is 1.31 bits per heavy atom. The Balaban J connectivity index is 1.40. The minimum absolute atomic E-state index is 0.0864. The molecular formula is C18H22F3N7O. The maximum absolute atomic E-state index is 13.0. The first-order valence-corrected chi connectivity index (χ1v) is 9.41. The monoisotopic (exact) mass is 409 g/mol. The van der Waals surface area contributed by atoms with E-state index in [-0.39, 0.29) is 30.5 Å². The molecular weight excluding hydrogens is 387 g/mol. The van der Waals surface area contributed by atoms with Crippen LogP contribution in [0.15, 0.2) is 12.3 Å². The van der Waals surface area contributed by atoms with E-state index >= 15 is 0 Å². The molecule has 3 heterocycles. The summed E-state index contributed by atoms with van der Waals surface area (Å²) in [6.45, 7) is 3.83. The summed E-state index contributed by atoms with van der Waals surface area (Å²) < 4.78 is 39.9. The molecule has 0 radical (unpaired) electrons. The highest BCUT2D eigenvalue weighted by molar-refractivity contribution is 6.03. The number of likely N-dealkylation sites (N-methyl/N-ethyl adjacent to an activating group) is 1. The zero-order valence-electron chi connectivity index (χ0n) is 16.3. The van der Waals surface area contributed by atoms with Gasteiger partial charge >= 0.3 is 6.18 Å². The molecule has 2 aromatic rings. The van der Waals surface area contributed by atoms with Gasteiger partial charge in [0.15, 0.2) is 5.82 Å². The number of carbonyl (C=O) groups excluding carboxylic acids is 1. The second kappa shape index (κ2) is 6.89. The molecule has 1 aliphatic heterocycles. The van der Waals surface area contributed by atoms with E-state index in [0.717, 1.165) is 10.7 Å². The zero-order chi connectivity index (χ0) is 20.9. The molecule has 4 rings (SSSR count). The van der Waals surface area contributed by atoms with Gasteiger partial charge in [0.2, 0.25) is 11.9 Å². The van der Waals surface area contributed by atoms with Crippen LogP contribution in [-0.2, 0) is 17.5 Å². The van der Waals surface area contributed by atoms with Crippen LogP contribution in [0.25, 0.3) is 0 Å². The van der Waals surface area contributed by atoms with Gasteiger partial charge in [-0.2, -0.15) is 23.3 Å². The number of nitrogens with one attached hydrogen (secondary N) is 2. The van der Waals surface area contributed by atoms with Crippen molar-refractivity contribution in [2.75, 3.05) is 22.6 Å². The van der Waals surface area contributed by atoms with Crippen molar-refractivity contribution in [3.8, 4) is 0 Å². The van der Waals surface area contributed by atoms with Crippen molar-refractivity contribution in [2.24, 2.45) is 5.92 Å². The van der Waals surface area contributed by atoms with Crippen molar-refractivity contribution in [1.82, 2.24) is 19.7 Å². The molecule has 156 valence electrons. The van der Waals surface area contributed by atoms with Crippen LogP contribution in [0.5, 0.6) is 0 Å². The van der Waals surface area contributed by atoms with Crippen LogP contribution in [0.1, 0.15) is 31.2 Å². The lowest BCUT2D eigenvalue weighted by atomic mass is 9.80. The van der Waals surface area contributed by atoms with Crippen LogP contribution < -0.4 is 15.5 Å². The van der Waals surface area contributed by atoms with Crippen molar-refractivity contribution in [3.63, 3.8) is 0 Å². The summed E-state index contributed by atoms with van der Waals surface area (Å²) >= 11 is 0. The van der Waals surface area contributed by atoms with Gasteiger partial charge in [0, 0.05) is 25.8 Å². The van der Waals surface area contributed by atoms with E-state index in [0.29, 0.717) is 36.0 Å². The highest BCUT2D eigenvalue weighted by atomic mass is 19.4. The molecule has 0 spiro atoms. The average Bonchev–Trinajstić information content (AvgIpc) is 3.08. The predicted molar refractivity (Wildman–Crippen MR) is 101 cm³/mol. The number of anilines is 3. The molecule has 0 aromatic carbocycles. The topological polar surface area (TPSA) is 88.0 Å². The molecule has 1 fully saturated rings. The second-order valence-electron chi connectivity index (χ2n) is 7.68. The molecule has 2 aromatic heterocycles. The van der Waals surface area contributed by atoms with Gasteiger partial charge in [0.1, 0.15) is 17.4 Å². The van der Waals surface area contributed by atoms with E-state index in [1.165, 1.54) is 6.20 Å². The Kier molecular flexibility index (Phi) is 4.62. The normalized spacial score (nSPS) is 24.0. The van der Waals surface area contributed by atoms with Gasteiger partial charge < -0.3 is 15.5 Å². The van der Waals surface area contributed by atoms with Crippen molar-refractivity contribution in [2.45, 2.75) is 51.5 Å². The maximum atomic E-state index is 13.0. The number of carbonyl (C=O) groups is 1. The number of aromatic nitrogens is 4. The van der Waals surface area contributed by atoms with Crippen molar-refractivity contribution < 1.29 is 18.0 Å². The zero-order valence-corrected chi connectivity index (χ0v) is 16.3. The summed E-state index contributed by atoms with van der Waals surface area (Å²) in [5, 5.41) is 9.89. The third-order valence-electron chi connectivity index (χ3n) is 5.62. The summed E-state index contributed by atoms with van der Waals surface area (Å²) in [6.07, 6.45) is -1.80. The molecule has 1 saturated carbocycles. The lowest BCUT2D eigenvalue weighted by molar-refractivity contribution is -0.144.